The molecule has 0 saturated heterocycles. The van der Waals surface area contributed by atoms with Gasteiger partial charge in [-0.2, -0.15) is 0 Å². The predicted molar refractivity (Wildman–Crippen MR) is 83.1 cm³/mol. The van der Waals surface area contributed by atoms with Crippen LogP contribution in [0.1, 0.15) is 50.9 Å². The molecule has 22 heavy (non-hydrogen) atoms. The zero-order chi connectivity index (χ0) is 16.5. The maximum Gasteiger partial charge on any atom is 0.236 e. The fourth-order valence-corrected chi connectivity index (χ4v) is 2.23. The smallest absolute Gasteiger partial charge is 0.236 e. The Kier molecular flexibility index (Phi) is 7.56. The average Bonchev–Trinajstić information content (AvgIpc) is 2.52. The highest BCUT2D eigenvalue weighted by Crippen LogP contribution is 2.24. The number of unbranched alkanes of at least 4 members (excludes halogenated alkanes) is 2. The van der Waals surface area contributed by atoms with E-state index in [0.717, 1.165) is 31.4 Å². The predicted octanol–water partition coefficient (Wildman–Crippen LogP) is 2.82. The zero-order valence-electron chi connectivity index (χ0n) is 13.8. The summed E-state index contributed by atoms with van der Waals surface area (Å²) >= 11 is 0. The maximum atomic E-state index is 11.0. The van der Waals surface area contributed by atoms with Crippen LogP contribution in [0.3, 0.4) is 0 Å². The van der Waals surface area contributed by atoms with Crippen LogP contribution in [0.25, 0.3) is 0 Å². The van der Waals surface area contributed by atoms with Crippen molar-refractivity contribution in [2.24, 2.45) is 0 Å². The third-order valence-corrected chi connectivity index (χ3v) is 3.57. The molecule has 1 rings (SSSR count). The number of nitro groups is 1. The second kappa shape index (κ2) is 9.17. The summed E-state index contributed by atoms with van der Waals surface area (Å²) in [5, 5.41) is 11.0. The van der Waals surface area contributed by atoms with Crippen molar-refractivity contribution in [3.05, 3.63) is 21.5 Å². The summed E-state index contributed by atoms with van der Waals surface area (Å²) in [5.74, 6) is 0.790. The number of aromatic nitrogens is 2. The van der Waals surface area contributed by atoms with Crippen LogP contribution in [0.4, 0.5) is 0 Å². The molecule has 124 valence electrons. The van der Waals surface area contributed by atoms with E-state index in [1.807, 2.05) is 0 Å². The van der Waals surface area contributed by atoms with Crippen LogP contribution in [0, 0.1) is 10.1 Å². The fourth-order valence-electron chi connectivity index (χ4n) is 2.23. The first kappa shape index (κ1) is 18.1. The Labute approximate surface area is 131 Å². The van der Waals surface area contributed by atoms with Crippen LogP contribution < -0.4 is 9.47 Å². The van der Waals surface area contributed by atoms with Gasteiger partial charge in [0, 0.05) is 11.3 Å². The zero-order valence-corrected chi connectivity index (χ0v) is 13.8. The number of ether oxygens (including phenoxy) is 2. The van der Waals surface area contributed by atoms with Crippen molar-refractivity contribution in [3.63, 3.8) is 0 Å². The summed E-state index contributed by atoms with van der Waals surface area (Å²) in [6.07, 6.45) is 4.59. The summed E-state index contributed by atoms with van der Waals surface area (Å²) in [6.45, 7) is 3.92. The molecule has 7 nitrogen and oxygen atoms in total. The van der Waals surface area contributed by atoms with Gasteiger partial charge in [0.05, 0.1) is 20.6 Å². The Bertz CT molecular complexity index is 494. The second-order valence-corrected chi connectivity index (χ2v) is 5.14. The van der Waals surface area contributed by atoms with Gasteiger partial charge in [-0.05, 0) is 12.8 Å². The molecule has 0 aromatic carbocycles. The lowest BCUT2D eigenvalue weighted by Gasteiger charge is -2.13. The monoisotopic (exact) mass is 311 g/mol. The van der Waals surface area contributed by atoms with Gasteiger partial charge in [0.1, 0.15) is 11.4 Å². The largest absolute Gasteiger partial charge is 0.480 e. The van der Waals surface area contributed by atoms with E-state index in [-0.39, 0.29) is 11.3 Å². The third-order valence-electron chi connectivity index (χ3n) is 3.57. The maximum absolute atomic E-state index is 11.0. The average molecular weight is 311 g/mol. The topological polar surface area (TPSA) is 87.4 Å². The van der Waals surface area contributed by atoms with E-state index in [9.17, 15) is 10.1 Å². The van der Waals surface area contributed by atoms with E-state index in [1.165, 1.54) is 14.2 Å². The molecule has 0 N–H and O–H groups in total. The van der Waals surface area contributed by atoms with E-state index in [2.05, 4.69) is 16.9 Å². The SMILES string of the molecule is CCCCCc1nc(OC)c(CC(CC)[N+](=O)[O-])nc1OC. The van der Waals surface area contributed by atoms with Gasteiger partial charge >= 0.3 is 0 Å². The van der Waals surface area contributed by atoms with Crippen molar-refractivity contribution in [2.75, 3.05) is 14.2 Å². The Balaban J connectivity index is 3.04. The molecular weight excluding hydrogens is 286 g/mol. The van der Waals surface area contributed by atoms with Crippen LogP contribution in [-0.2, 0) is 12.8 Å². The minimum absolute atomic E-state index is 0.186. The molecule has 1 aromatic heterocycles. The van der Waals surface area contributed by atoms with Crippen molar-refractivity contribution in [1.29, 1.82) is 0 Å². The van der Waals surface area contributed by atoms with Crippen molar-refractivity contribution >= 4 is 0 Å². The number of hydrogen-bond donors (Lipinski definition) is 0. The quantitative estimate of drug-likeness (QED) is 0.375. The Morgan fingerprint density at radius 2 is 1.68 bits per heavy atom. The number of aryl methyl sites for hydroxylation is 1. The number of rotatable bonds is 10. The summed E-state index contributed by atoms with van der Waals surface area (Å²) < 4.78 is 10.6. The van der Waals surface area contributed by atoms with E-state index in [1.54, 1.807) is 6.92 Å². The van der Waals surface area contributed by atoms with Crippen molar-refractivity contribution in [3.8, 4) is 11.8 Å². The highest BCUT2D eigenvalue weighted by atomic mass is 16.6. The third kappa shape index (κ3) is 4.82. The van der Waals surface area contributed by atoms with Gasteiger partial charge in [-0.1, -0.05) is 26.7 Å². The van der Waals surface area contributed by atoms with Gasteiger partial charge in [0.25, 0.3) is 0 Å². The Morgan fingerprint density at radius 3 is 2.18 bits per heavy atom. The number of nitrogens with zero attached hydrogens (tertiary/aromatic N) is 3. The first-order valence-corrected chi connectivity index (χ1v) is 7.68. The lowest BCUT2D eigenvalue weighted by atomic mass is 10.1. The highest BCUT2D eigenvalue weighted by molar-refractivity contribution is 5.29. The van der Waals surface area contributed by atoms with Crippen LogP contribution in [-0.4, -0.2) is 35.2 Å². The fraction of sp³-hybridized carbons (Fsp3) is 0.733. The van der Waals surface area contributed by atoms with Gasteiger partial charge in [-0.15, -0.1) is 0 Å². The molecule has 7 heteroatoms. The summed E-state index contributed by atoms with van der Waals surface area (Å²) in [7, 11) is 3.04. The van der Waals surface area contributed by atoms with Crippen LogP contribution >= 0.6 is 0 Å². The molecule has 1 heterocycles. The molecule has 0 aliphatic carbocycles. The van der Waals surface area contributed by atoms with Crippen LogP contribution in [0.5, 0.6) is 11.8 Å². The molecule has 0 fully saturated rings. The van der Waals surface area contributed by atoms with Gasteiger partial charge in [0.2, 0.25) is 17.8 Å². The van der Waals surface area contributed by atoms with Crippen LogP contribution in [0.15, 0.2) is 0 Å². The molecule has 1 unspecified atom stereocenters. The summed E-state index contributed by atoms with van der Waals surface area (Å²) in [5.41, 5.74) is 1.22. The molecule has 1 atom stereocenters. The van der Waals surface area contributed by atoms with Gasteiger partial charge < -0.3 is 9.47 Å². The summed E-state index contributed by atoms with van der Waals surface area (Å²) in [6, 6.07) is -0.696. The first-order chi connectivity index (χ1) is 10.6. The van der Waals surface area contributed by atoms with Crippen molar-refractivity contribution in [1.82, 2.24) is 9.97 Å². The molecule has 0 aliphatic heterocycles. The molecule has 1 aromatic rings. The van der Waals surface area contributed by atoms with Gasteiger partial charge in [0.15, 0.2) is 0 Å². The molecule has 0 saturated carbocycles. The standard InChI is InChI=1S/C15H25N3O4/c1-5-7-8-9-12-14(21-3)17-13(15(16-12)22-4)10-11(6-2)18(19)20/h11H,5-10H2,1-4H3. The molecule has 0 spiro atoms. The Hall–Kier alpha value is -1.92. The highest BCUT2D eigenvalue weighted by Gasteiger charge is 2.24. The molecular formula is C15H25N3O4. The summed E-state index contributed by atoms with van der Waals surface area (Å²) in [4.78, 5) is 19.6. The van der Waals surface area contributed by atoms with Crippen LogP contribution in [0.2, 0.25) is 0 Å². The number of methoxy groups -OCH3 is 2. The molecule has 0 aliphatic rings. The molecule has 0 amide bonds. The molecule has 0 radical (unpaired) electrons. The Morgan fingerprint density at radius 1 is 1.09 bits per heavy atom. The van der Waals surface area contributed by atoms with E-state index in [4.69, 9.17) is 9.47 Å². The second-order valence-electron chi connectivity index (χ2n) is 5.14. The first-order valence-electron chi connectivity index (χ1n) is 7.68. The normalized spacial score (nSPS) is 12.0. The number of hydrogen-bond acceptors (Lipinski definition) is 6. The van der Waals surface area contributed by atoms with Crippen molar-refractivity contribution < 1.29 is 14.4 Å². The van der Waals surface area contributed by atoms with Gasteiger partial charge in [-0.25, -0.2) is 9.97 Å². The van der Waals surface area contributed by atoms with Crippen molar-refractivity contribution in [2.45, 2.75) is 58.4 Å². The minimum atomic E-state index is -0.696. The minimum Gasteiger partial charge on any atom is -0.480 e. The van der Waals surface area contributed by atoms with E-state index in [0.29, 0.717) is 23.9 Å². The van der Waals surface area contributed by atoms with E-state index >= 15 is 0 Å². The van der Waals surface area contributed by atoms with Gasteiger partial charge in [-0.3, -0.25) is 10.1 Å². The lowest BCUT2D eigenvalue weighted by Crippen LogP contribution is -2.22. The molecule has 0 bridgehead atoms. The lowest BCUT2D eigenvalue weighted by molar-refractivity contribution is -0.522. The van der Waals surface area contributed by atoms with E-state index < -0.39 is 6.04 Å².